The molecule has 0 aromatic heterocycles. The molecule has 2 N–H and O–H groups in total. The highest BCUT2D eigenvalue weighted by atomic mass is 32.2. The van der Waals surface area contributed by atoms with Crippen molar-refractivity contribution in [3.05, 3.63) is 58.7 Å². The molecule has 0 amide bonds. The quantitative estimate of drug-likeness (QED) is 0.912. The third-order valence-corrected chi connectivity index (χ3v) is 4.95. The fraction of sp³-hybridized carbons (Fsp3) is 0.250. The molecule has 5 heteroatoms. The summed E-state index contributed by atoms with van der Waals surface area (Å²) in [6, 6.07) is 10.4. The Morgan fingerprint density at radius 1 is 1.00 bits per heavy atom. The van der Waals surface area contributed by atoms with Crippen LogP contribution in [0.15, 0.2) is 41.3 Å². The van der Waals surface area contributed by atoms with Crippen LogP contribution in [0.3, 0.4) is 0 Å². The second-order valence-electron chi connectivity index (χ2n) is 5.19. The van der Waals surface area contributed by atoms with Gasteiger partial charge in [0, 0.05) is 5.69 Å². The van der Waals surface area contributed by atoms with E-state index in [0.29, 0.717) is 10.6 Å². The molecule has 0 saturated carbocycles. The topological polar surface area (TPSA) is 66.4 Å². The smallest absolute Gasteiger partial charge is 0.262 e. The van der Waals surface area contributed by atoms with Gasteiger partial charge in [-0.1, -0.05) is 29.8 Å². The summed E-state index contributed by atoms with van der Waals surface area (Å²) in [4.78, 5) is 0.319. The molecule has 0 radical (unpaired) electrons. The number of rotatable bonds is 4. The largest absolute Gasteiger partial charge is 0.392 e. The molecular weight excluding hydrogens is 286 g/mol. The highest BCUT2D eigenvalue weighted by Gasteiger charge is 2.19. The van der Waals surface area contributed by atoms with Gasteiger partial charge in [-0.3, -0.25) is 4.72 Å². The van der Waals surface area contributed by atoms with Gasteiger partial charge in [0.05, 0.1) is 11.5 Å². The van der Waals surface area contributed by atoms with Crippen molar-refractivity contribution >= 4 is 15.7 Å². The van der Waals surface area contributed by atoms with Crippen molar-refractivity contribution in [2.45, 2.75) is 32.3 Å². The van der Waals surface area contributed by atoms with E-state index in [1.54, 1.807) is 38.1 Å². The summed E-state index contributed by atoms with van der Waals surface area (Å²) < 4.78 is 27.7. The molecule has 0 saturated heterocycles. The van der Waals surface area contributed by atoms with Crippen LogP contribution in [-0.2, 0) is 16.6 Å². The molecule has 0 heterocycles. The van der Waals surface area contributed by atoms with Crippen molar-refractivity contribution in [1.29, 1.82) is 0 Å². The minimum atomic E-state index is -3.62. The number of sulfonamides is 1. The van der Waals surface area contributed by atoms with E-state index in [1.807, 2.05) is 19.1 Å². The second kappa shape index (κ2) is 5.87. The lowest BCUT2D eigenvalue weighted by Crippen LogP contribution is -2.16. The number of nitrogens with one attached hydrogen (secondary N) is 1. The zero-order valence-corrected chi connectivity index (χ0v) is 13.2. The minimum Gasteiger partial charge on any atom is -0.392 e. The zero-order chi connectivity index (χ0) is 15.6. The standard InChI is InChI=1S/C16H19NO3S/c1-11-8-12(2)16(13(3)9-11)21(19,20)17-15-6-4-14(10-18)5-7-15/h4-9,17-18H,10H2,1-3H3. The van der Waals surface area contributed by atoms with Gasteiger partial charge in [0.15, 0.2) is 0 Å². The van der Waals surface area contributed by atoms with E-state index in [2.05, 4.69) is 4.72 Å². The lowest BCUT2D eigenvalue weighted by Gasteiger charge is -2.14. The molecule has 0 bridgehead atoms. The molecule has 21 heavy (non-hydrogen) atoms. The van der Waals surface area contributed by atoms with Crippen molar-refractivity contribution in [2.24, 2.45) is 0 Å². The minimum absolute atomic E-state index is 0.0663. The van der Waals surface area contributed by atoms with Crippen molar-refractivity contribution in [2.75, 3.05) is 4.72 Å². The van der Waals surface area contributed by atoms with Gasteiger partial charge in [-0.25, -0.2) is 8.42 Å². The van der Waals surface area contributed by atoms with Crippen molar-refractivity contribution in [3.8, 4) is 0 Å². The fourth-order valence-corrected chi connectivity index (χ4v) is 3.99. The normalized spacial score (nSPS) is 11.4. The molecule has 2 rings (SSSR count). The maximum Gasteiger partial charge on any atom is 0.262 e. The molecule has 0 aliphatic carbocycles. The van der Waals surface area contributed by atoms with Crippen LogP contribution in [0.2, 0.25) is 0 Å². The van der Waals surface area contributed by atoms with Crippen molar-refractivity contribution in [3.63, 3.8) is 0 Å². The van der Waals surface area contributed by atoms with Gasteiger partial charge in [0.2, 0.25) is 0 Å². The van der Waals surface area contributed by atoms with Crippen molar-refractivity contribution < 1.29 is 13.5 Å². The number of anilines is 1. The molecular formula is C16H19NO3S. The predicted molar refractivity (Wildman–Crippen MR) is 83.8 cm³/mol. The highest BCUT2D eigenvalue weighted by molar-refractivity contribution is 7.92. The Morgan fingerprint density at radius 3 is 2.00 bits per heavy atom. The van der Waals surface area contributed by atoms with Gasteiger partial charge in [0.25, 0.3) is 10.0 Å². The van der Waals surface area contributed by atoms with E-state index in [1.165, 1.54) is 0 Å². The third kappa shape index (κ3) is 3.43. The fourth-order valence-electron chi connectivity index (χ4n) is 2.48. The number of aliphatic hydroxyl groups excluding tert-OH is 1. The number of aliphatic hydroxyl groups is 1. The lowest BCUT2D eigenvalue weighted by molar-refractivity contribution is 0.282. The SMILES string of the molecule is Cc1cc(C)c(S(=O)(=O)Nc2ccc(CO)cc2)c(C)c1. The van der Waals surface area contributed by atoms with Crippen LogP contribution in [0.5, 0.6) is 0 Å². The Labute approximate surface area is 125 Å². The Morgan fingerprint density at radius 2 is 1.52 bits per heavy atom. The van der Waals surface area contributed by atoms with E-state index in [-0.39, 0.29) is 6.61 Å². The summed E-state index contributed by atoms with van der Waals surface area (Å²) in [5.74, 6) is 0. The third-order valence-electron chi connectivity index (χ3n) is 3.26. The molecule has 0 atom stereocenters. The first-order chi connectivity index (χ1) is 9.83. The molecule has 0 spiro atoms. The Kier molecular flexibility index (Phi) is 4.34. The van der Waals surface area contributed by atoms with Crippen LogP contribution < -0.4 is 4.72 Å². The molecule has 2 aromatic carbocycles. The van der Waals surface area contributed by atoms with Gasteiger partial charge in [-0.05, 0) is 49.6 Å². The van der Waals surface area contributed by atoms with E-state index in [9.17, 15) is 8.42 Å². The molecule has 0 aliphatic rings. The van der Waals surface area contributed by atoms with Gasteiger partial charge < -0.3 is 5.11 Å². The Balaban J connectivity index is 2.38. The van der Waals surface area contributed by atoms with Crippen LogP contribution in [-0.4, -0.2) is 13.5 Å². The summed E-state index contributed by atoms with van der Waals surface area (Å²) in [5.41, 5.74) is 3.71. The molecule has 0 aliphatic heterocycles. The van der Waals surface area contributed by atoms with Crippen LogP contribution in [0, 0.1) is 20.8 Å². The summed E-state index contributed by atoms with van der Waals surface area (Å²) in [5, 5.41) is 9.00. The monoisotopic (exact) mass is 305 g/mol. The Bertz CT molecular complexity index is 727. The summed E-state index contributed by atoms with van der Waals surface area (Å²) in [7, 11) is -3.62. The Hall–Kier alpha value is -1.85. The molecule has 0 fully saturated rings. The van der Waals surface area contributed by atoms with E-state index in [0.717, 1.165) is 22.3 Å². The molecule has 112 valence electrons. The highest BCUT2D eigenvalue weighted by Crippen LogP contribution is 2.24. The van der Waals surface area contributed by atoms with E-state index < -0.39 is 10.0 Å². The molecule has 4 nitrogen and oxygen atoms in total. The maximum absolute atomic E-state index is 12.5. The summed E-state index contributed by atoms with van der Waals surface area (Å²) in [6.07, 6.45) is 0. The first-order valence-electron chi connectivity index (χ1n) is 6.64. The number of aryl methyl sites for hydroxylation is 3. The van der Waals surface area contributed by atoms with Crippen LogP contribution in [0.4, 0.5) is 5.69 Å². The number of hydrogen-bond donors (Lipinski definition) is 2. The predicted octanol–water partition coefficient (Wildman–Crippen LogP) is 2.90. The van der Waals surface area contributed by atoms with Crippen molar-refractivity contribution in [1.82, 2.24) is 0 Å². The maximum atomic E-state index is 12.5. The van der Waals surface area contributed by atoms with Gasteiger partial charge in [0.1, 0.15) is 0 Å². The average Bonchev–Trinajstić information content (AvgIpc) is 2.37. The first-order valence-corrected chi connectivity index (χ1v) is 8.12. The van der Waals surface area contributed by atoms with Crippen LogP contribution in [0.1, 0.15) is 22.3 Å². The van der Waals surface area contributed by atoms with Gasteiger partial charge in [-0.15, -0.1) is 0 Å². The van der Waals surface area contributed by atoms with Crippen LogP contribution >= 0.6 is 0 Å². The summed E-state index contributed by atoms with van der Waals surface area (Å²) in [6.45, 7) is 5.47. The van der Waals surface area contributed by atoms with E-state index in [4.69, 9.17) is 5.11 Å². The van der Waals surface area contributed by atoms with Gasteiger partial charge >= 0.3 is 0 Å². The lowest BCUT2D eigenvalue weighted by atomic mass is 10.1. The first kappa shape index (κ1) is 15.5. The molecule has 0 unspecified atom stereocenters. The van der Waals surface area contributed by atoms with Gasteiger partial charge in [-0.2, -0.15) is 0 Å². The zero-order valence-electron chi connectivity index (χ0n) is 12.3. The van der Waals surface area contributed by atoms with E-state index >= 15 is 0 Å². The second-order valence-corrected chi connectivity index (χ2v) is 6.81. The molecule has 2 aromatic rings. The average molecular weight is 305 g/mol. The summed E-state index contributed by atoms with van der Waals surface area (Å²) >= 11 is 0. The number of benzene rings is 2. The number of hydrogen-bond acceptors (Lipinski definition) is 3. The van der Waals surface area contributed by atoms with Crippen LogP contribution in [0.25, 0.3) is 0 Å².